The number of nitrogens with zero attached hydrogens (tertiary/aromatic N) is 3. The van der Waals surface area contributed by atoms with Crippen molar-refractivity contribution in [1.29, 1.82) is 0 Å². The maximum absolute atomic E-state index is 5.61. The Balaban J connectivity index is 2.19. The van der Waals surface area contributed by atoms with Crippen molar-refractivity contribution in [2.45, 2.75) is 57.4 Å². The standard InChI is InChI=1S/C14H22N4S2/c1-4-17-13-12(9(2)16-17)15-14(19)18(13)10-7-5-6-8-11(10)20-3/h10-11H,4-8H2,1-3H3,(H,15,19). The zero-order valence-corrected chi connectivity index (χ0v) is 14.0. The van der Waals surface area contributed by atoms with Gasteiger partial charge < -0.3 is 4.98 Å². The van der Waals surface area contributed by atoms with Crippen LogP contribution < -0.4 is 0 Å². The summed E-state index contributed by atoms with van der Waals surface area (Å²) in [5.74, 6) is 0. The highest BCUT2D eigenvalue weighted by Crippen LogP contribution is 2.38. The molecule has 0 amide bonds. The molecule has 1 saturated carbocycles. The molecule has 0 spiro atoms. The van der Waals surface area contributed by atoms with Crippen LogP contribution in [-0.4, -0.2) is 30.8 Å². The van der Waals surface area contributed by atoms with Crippen LogP contribution in [0, 0.1) is 11.7 Å². The van der Waals surface area contributed by atoms with E-state index in [9.17, 15) is 0 Å². The third-order valence-electron chi connectivity index (χ3n) is 4.38. The van der Waals surface area contributed by atoms with Crippen LogP contribution >= 0.6 is 24.0 Å². The largest absolute Gasteiger partial charge is 0.328 e. The molecule has 0 saturated heterocycles. The van der Waals surface area contributed by atoms with Gasteiger partial charge in [-0.05, 0) is 45.2 Å². The second-order valence-corrected chi connectivity index (χ2v) is 6.99. The van der Waals surface area contributed by atoms with E-state index in [-0.39, 0.29) is 0 Å². The number of H-pyrrole nitrogens is 1. The SMILES string of the molecule is CCn1nc(C)c2[nH]c(=S)n(C3CCCCC3SC)c21. The lowest BCUT2D eigenvalue weighted by atomic mass is 9.94. The number of aromatic nitrogens is 4. The lowest BCUT2D eigenvalue weighted by molar-refractivity contribution is 0.364. The zero-order chi connectivity index (χ0) is 14.3. The predicted molar refractivity (Wildman–Crippen MR) is 88.1 cm³/mol. The van der Waals surface area contributed by atoms with Crippen molar-refractivity contribution in [3.05, 3.63) is 10.5 Å². The van der Waals surface area contributed by atoms with E-state index in [1.54, 1.807) is 0 Å². The molecule has 6 heteroatoms. The number of aromatic amines is 1. The van der Waals surface area contributed by atoms with Gasteiger partial charge in [0.05, 0.1) is 5.69 Å². The van der Waals surface area contributed by atoms with Crippen molar-refractivity contribution in [2.24, 2.45) is 0 Å². The zero-order valence-electron chi connectivity index (χ0n) is 12.3. The van der Waals surface area contributed by atoms with Crippen LogP contribution in [0.5, 0.6) is 0 Å². The summed E-state index contributed by atoms with van der Waals surface area (Å²) in [6.45, 7) is 5.07. The molecule has 2 unspecified atom stereocenters. The molecular formula is C14H22N4S2. The third-order valence-corrected chi connectivity index (χ3v) is 5.84. The summed E-state index contributed by atoms with van der Waals surface area (Å²) in [6.07, 6.45) is 7.38. The Labute approximate surface area is 128 Å². The third kappa shape index (κ3) is 2.13. The van der Waals surface area contributed by atoms with Crippen molar-refractivity contribution >= 4 is 35.1 Å². The number of aryl methyl sites for hydroxylation is 2. The highest BCUT2D eigenvalue weighted by atomic mass is 32.2. The van der Waals surface area contributed by atoms with Crippen LogP contribution in [0.4, 0.5) is 0 Å². The molecule has 1 N–H and O–H groups in total. The van der Waals surface area contributed by atoms with Crippen molar-refractivity contribution in [2.75, 3.05) is 6.26 Å². The summed E-state index contributed by atoms with van der Waals surface area (Å²) >= 11 is 7.59. The van der Waals surface area contributed by atoms with Gasteiger partial charge in [0.15, 0.2) is 10.4 Å². The maximum atomic E-state index is 5.61. The van der Waals surface area contributed by atoms with E-state index in [2.05, 4.69) is 39.4 Å². The molecule has 0 aromatic carbocycles. The molecule has 0 bridgehead atoms. The second-order valence-electron chi connectivity index (χ2n) is 5.53. The highest BCUT2D eigenvalue weighted by molar-refractivity contribution is 7.99. The number of hydrogen-bond acceptors (Lipinski definition) is 3. The monoisotopic (exact) mass is 310 g/mol. The normalized spacial score (nSPS) is 23.6. The van der Waals surface area contributed by atoms with E-state index >= 15 is 0 Å². The van der Waals surface area contributed by atoms with E-state index in [0.29, 0.717) is 11.3 Å². The summed E-state index contributed by atoms with van der Waals surface area (Å²) in [4.78, 5) is 3.38. The van der Waals surface area contributed by atoms with Gasteiger partial charge >= 0.3 is 0 Å². The van der Waals surface area contributed by atoms with Gasteiger partial charge in [0.2, 0.25) is 0 Å². The van der Waals surface area contributed by atoms with E-state index in [0.717, 1.165) is 22.5 Å². The second kappa shape index (κ2) is 5.56. The first kappa shape index (κ1) is 14.2. The summed E-state index contributed by atoms with van der Waals surface area (Å²) < 4.78 is 5.28. The Hall–Kier alpha value is -0.750. The number of hydrogen-bond donors (Lipinski definition) is 1. The van der Waals surface area contributed by atoms with Gasteiger partial charge in [-0.3, -0.25) is 4.57 Å². The molecule has 3 rings (SSSR count). The molecule has 110 valence electrons. The lowest BCUT2D eigenvalue weighted by Gasteiger charge is -2.31. The molecule has 2 heterocycles. The van der Waals surface area contributed by atoms with Crippen LogP contribution in [0.2, 0.25) is 0 Å². The maximum Gasteiger partial charge on any atom is 0.179 e. The Morgan fingerprint density at radius 1 is 1.40 bits per heavy atom. The van der Waals surface area contributed by atoms with Gasteiger partial charge in [0.25, 0.3) is 0 Å². The molecule has 4 nitrogen and oxygen atoms in total. The van der Waals surface area contributed by atoms with Gasteiger partial charge in [-0.2, -0.15) is 16.9 Å². The molecule has 2 aromatic rings. The fraction of sp³-hybridized carbons (Fsp3) is 0.714. The highest BCUT2D eigenvalue weighted by Gasteiger charge is 2.29. The quantitative estimate of drug-likeness (QED) is 0.869. The molecule has 20 heavy (non-hydrogen) atoms. The van der Waals surface area contributed by atoms with Gasteiger partial charge in [0.1, 0.15) is 5.52 Å². The number of imidazole rings is 1. The van der Waals surface area contributed by atoms with Crippen molar-refractivity contribution in [3.63, 3.8) is 0 Å². The van der Waals surface area contributed by atoms with Crippen molar-refractivity contribution < 1.29 is 0 Å². The smallest absolute Gasteiger partial charge is 0.179 e. The fourth-order valence-electron chi connectivity index (χ4n) is 3.40. The van der Waals surface area contributed by atoms with Gasteiger partial charge in [-0.1, -0.05) is 12.8 Å². The molecule has 1 aliphatic carbocycles. The number of thioether (sulfide) groups is 1. The van der Waals surface area contributed by atoms with Crippen LogP contribution in [0.3, 0.4) is 0 Å². The molecule has 0 radical (unpaired) electrons. The van der Waals surface area contributed by atoms with Crippen molar-refractivity contribution in [1.82, 2.24) is 19.3 Å². The average Bonchev–Trinajstić information content (AvgIpc) is 2.95. The van der Waals surface area contributed by atoms with E-state index in [1.165, 1.54) is 31.3 Å². The predicted octanol–water partition coefficient (Wildman–Crippen LogP) is 4.07. The first-order valence-electron chi connectivity index (χ1n) is 7.37. The van der Waals surface area contributed by atoms with Gasteiger partial charge in [-0.25, -0.2) is 4.68 Å². The topological polar surface area (TPSA) is 38.5 Å². The molecule has 1 fully saturated rings. The van der Waals surface area contributed by atoms with E-state index < -0.39 is 0 Å². The van der Waals surface area contributed by atoms with Crippen LogP contribution in [0.15, 0.2) is 0 Å². The Kier molecular flexibility index (Phi) is 3.95. The van der Waals surface area contributed by atoms with Gasteiger partial charge in [0, 0.05) is 17.8 Å². The summed E-state index contributed by atoms with van der Waals surface area (Å²) in [7, 11) is 0. The fourth-order valence-corrected chi connectivity index (χ4v) is 4.70. The Morgan fingerprint density at radius 3 is 2.85 bits per heavy atom. The Morgan fingerprint density at radius 2 is 2.15 bits per heavy atom. The van der Waals surface area contributed by atoms with Crippen LogP contribution in [0.1, 0.15) is 44.3 Å². The molecule has 1 aliphatic rings. The average molecular weight is 310 g/mol. The molecule has 0 aliphatic heterocycles. The number of rotatable bonds is 3. The molecule has 2 aromatic heterocycles. The first-order chi connectivity index (χ1) is 9.67. The van der Waals surface area contributed by atoms with E-state index in [4.69, 9.17) is 12.2 Å². The summed E-state index contributed by atoms with van der Waals surface area (Å²) in [5, 5.41) is 5.29. The minimum absolute atomic E-state index is 0.501. The van der Waals surface area contributed by atoms with E-state index in [1.807, 2.05) is 11.8 Å². The minimum Gasteiger partial charge on any atom is -0.328 e. The summed E-state index contributed by atoms with van der Waals surface area (Å²) in [5.41, 5.74) is 3.34. The van der Waals surface area contributed by atoms with Crippen molar-refractivity contribution in [3.8, 4) is 0 Å². The lowest BCUT2D eigenvalue weighted by Crippen LogP contribution is -2.26. The Bertz CT molecular complexity index is 667. The van der Waals surface area contributed by atoms with Crippen LogP contribution in [0.25, 0.3) is 11.2 Å². The number of fused-ring (bicyclic) bond motifs is 1. The number of nitrogens with one attached hydrogen (secondary N) is 1. The molecular weight excluding hydrogens is 288 g/mol. The molecule has 2 atom stereocenters. The minimum atomic E-state index is 0.501. The van der Waals surface area contributed by atoms with Gasteiger partial charge in [-0.15, -0.1) is 0 Å². The first-order valence-corrected chi connectivity index (χ1v) is 9.07. The van der Waals surface area contributed by atoms with Crippen LogP contribution in [-0.2, 0) is 6.54 Å². The summed E-state index contributed by atoms with van der Waals surface area (Å²) in [6, 6.07) is 0.501.